The van der Waals surface area contributed by atoms with Crippen LogP contribution < -0.4 is 14.8 Å². The molecule has 1 unspecified atom stereocenters. The van der Waals surface area contributed by atoms with Crippen LogP contribution in [0.25, 0.3) is 0 Å². The lowest BCUT2D eigenvalue weighted by Gasteiger charge is -2.12. The highest BCUT2D eigenvalue weighted by atomic mass is 32.2. The number of methoxy groups -OCH3 is 2. The lowest BCUT2D eigenvalue weighted by Crippen LogP contribution is -2.23. The molecule has 0 aliphatic carbocycles. The molecule has 4 nitrogen and oxygen atoms in total. The Kier molecular flexibility index (Phi) is 5.22. The Bertz CT molecular complexity index is 394. The van der Waals surface area contributed by atoms with E-state index < -0.39 is 0 Å². The maximum atomic E-state index is 9.85. The number of aryl methyl sites for hydroxylation is 1. The maximum absolute atomic E-state index is 9.85. The van der Waals surface area contributed by atoms with Gasteiger partial charge in [0.05, 0.1) is 14.2 Å². The topological polar surface area (TPSA) is 50.7 Å². The van der Waals surface area contributed by atoms with Crippen LogP contribution in [-0.4, -0.2) is 37.0 Å². The van der Waals surface area contributed by atoms with Crippen LogP contribution in [0, 0.1) is 0 Å². The van der Waals surface area contributed by atoms with Crippen molar-refractivity contribution in [2.24, 2.45) is 0 Å². The summed E-state index contributed by atoms with van der Waals surface area (Å²) in [5.74, 6) is 3.31. The summed E-state index contributed by atoms with van der Waals surface area (Å²) in [5.41, 5.74) is 1.14. The fourth-order valence-corrected chi connectivity index (χ4v) is 3.31. The third-order valence-electron chi connectivity index (χ3n) is 3.35. The molecule has 1 aromatic carbocycles. The van der Waals surface area contributed by atoms with Crippen LogP contribution in [0.1, 0.15) is 18.4 Å². The van der Waals surface area contributed by atoms with Crippen LogP contribution in [0.15, 0.2) is 12.1 Å². The molecule has 0 spiro atoms. The van der Waals surface area contributed by atoms with E-state index >= 15 is 0 Å². The molecule has 1 aromatic rings. The second-order valence-corrected chi connectivity index (χ2v) is 5.69. The molecule has 106 valence electrons. The molecule has 1 fully saturated rings. The molecule has 19 heavy (non-hydrogen) atoms. The molecular weight excluding hydrogens is 262 g/mol. The molecule has 1 saturated heterocycles. The Hall–Kier alpha value is -1.07. The second kappa shape index (κ2) is 6.91. The van der Waals surface area contributed by atoms with Gasteiger partial charge in [0.25, 0.3) is 0 Å². The first-order valence-corrected chi connectivity index (χ1v) is 7.65. The summed E-state index contributed by atoms with van der Waals surface area (Å²) in [4.78, 5) is 0. The van der Waals surface area contributed by atoms with Crippen molar-refractivity contribution in [3.05, 3.63) is 17.7 Å². The highest BCUT2D eigenvalue weighted by Gasteiger charge is 2.15. The molecule has 1 aliphatic rings. The number of thioether (sulfide) groups is 1. The van der Waals surface area contributed by atoms with Gasteiger partial charge >= 0.3 is 0 Å². The third kappa shape index (κ3) is 3.70. The zero-order chi connectivity index (χ0) is 13.7. The van der Waals surface area contributed by atoms with Gasteiger partial charge in [-0.1, -0.05) is 0 Å². The van der Waals surface area contributed by atoms with Crippen molar-refractivity contribution in [2.45, 2.75) is 25.3 Å². The number of nitrogens with one attached hydrogen (secondary N) is 1. The Morgan fingerprint density at radius 2 is 2.00 bits per heavy atom. The molecule has 1 atom stereocenters. The van der Waals surface area contributed by atoms with E-state index in [2.05, 4.69) is 5.32 Å². The fraction of sp³-hybridized carbons (Fsp3) is 0.571. The van der Waals surface area contributed by atoms with Crippen LogP contribution in [0.3, 0.4) is 0 Å². The van der Waals surface area contributed by atoms with Gasteiger partial charge in [-0.2, -0.15) is 0 Å². The van der Waals surface area contributed by atoms with Gasteiger partial charge in [-0.15, -0.1) is 11.8 Å². The van der Waals surface area contributed by atoms with E-state index in [9.17, 15) is 5.11 Å². The molecule has 0 saturated carbocycles. The Labute approximate surface area is 118 Å². The van der Waals surface area contributed by atoms with E-state index in [0.717, 1.165) is 24.3 Å². The van der Waals surface area contributed by atoms with Crippen molar-refractivity contribution in [1.82, 2.24) is 5.32 Å². The molecule has 2 rings (SSSR count). The van der Waals surface area contributed by atoms with E-state index in [0.29, 0.717) is 17.5 Å². The van der Waals surface area contributed by atoms with E-state index in [1.807, 2.05) is 23.9 Å². The molecule has 2 N–H and O–H groups in total. The molecule has 0 aromatic heterocycles. The minimum Gasteiger partial charge on any atom is -0.502 e. The molecule has 1 heterocycles. The summed E-state index contributed by atoms with van der Waals surface area (Å²) in [5, 5.41) is 13.3. The van der Waals surface area contributed by atoms with Crippen molar-refractivity contribution in [1.29, 1.82) is 0 Å². The van der Waals surface area contributed by atoms with Crippen LogP contribution in [0.5, 0.6) is 17.2 Å². The highest BCUT2D eigenvalue weighted by Crippen LogP contribution is 2.37. The third-order valence-corrected chi connectivity index (χ3v) is 4.36. The van der Waals surface area contributed by atoms with Crippen LogP contribution in [-0.2, 0) is 6.42 Å². The van der Waals surface area contributed by atoms with Crippen molar-refractivity contribution in [3.8, 4) is 17.2 Å². The zero-order valence-electron chi connectivity index (χ0n) is 11.4. The number of hydrogen-bond donors (Lipinski definition) is 2. The van der Waals surface area contributed by atoms with Crippen molar-refractivity contribution in [3.63, 3.8) is 0 Å². The van der Waals surface area contributed by atoms with Gasteiger partial charge in [-0.05, 0) is 37.0 Å². The van der Waals surface area contributed by atoms with E-state index in [1.54, 1.807) is 14.2 Å². The van der Waals surface area contributed by atoms with Gasteiger partial charge < -0.3 is 19.9 Å². The number of phenolic OH excluding ortho intramolecular Hbond substituents is 1. The number of hydrogen-bond acceptors (Lipinski definition) is 5. The first-order valence-electron chi connectivity index (χ1n) is 6.49. The van der Waals surface area contributed by atoms with Crippen LogP contribution >= 0.6 is 11.8 Å². The predicted molar refractivity (Wildman–Crippen MR) is 78.4 cm³/mol. The first-order chi connectivity index (χ1) is 9.24. The predicted octanol–water partition coefficient (Wildman–Crippen LogP) is 2.39. The number of phenols is 1. The number of aromatic hydroxyl groups is 1. The smallest absolute Gasteiger partial charge is 0.200 e. The summed E-state index contributed by atoms with van der Waals surface area (Å²) >= 11 is 1.96. The molecule has 0 radical (unpaired) electrons. The molecule has 0 amide bonds. The van der Waals surface area contributed by atoms with Crippen LogP contribution in [0.2, 0.25) is 0 Å². The average Bonchev–Trinajstić information content (AvgIpc) is 2.93. The summed E-state index contributed by atoms with van der Waals surface area (Å²) in [6.07, 6.45) is 3.27. The Morgan fingerprint density at radius 3 is 2.53 bits per heavy atom. The Balaban J connectivity index is 1.95. The van der Waals surface area contributed by atoms with Gasteiger partial charge in [0.2, 0.25) is 5.75 Å². The normalized spacial score (nSPS) is 18.5. The van der Waals surface area contributed by atoms with Crippen molar-refractivity contribution < 1.29 is 14.6 Å². The largest absolute Gasteiger partial charge is 0.502 e. The number of rotatable bonds is 6. The van der Waals surface area contributed by atoms with Gasteiger partial charge in [0.15, 0.2) is 11.5 Å². The first kappa shape index (κ1) is 14.3. The van der Waals surface area contributed by atoms with Crippen LogP contribution in [0.4, 0.5) is 0 Å². The number of ether oxygens (including phenoxy) is 2. The minimum atomic E-state index is 0.0719. The quantitative estimate of drug-likeness (QED) is 0.839. The molecular formula is C14H21NO3S. The minimum absolute atomic E-state index is 0.0719. The van der Waals surface area contributed by atoms with Crippen molar-refractivity contribution >= 4 is 11.8 Å². The van der Waals surface area contributed by atoms with E-state index in [4.69, 9.17) is 9.47 Å². The second-order valence-electron chi connectivity index (χ2n) is 4.66. The fourth-order valence-electron chi connectivity index (χ4n) is 2.27. The lowest BCUT2D eigenvalue weighted by atomic mass is 10.0. The van der Waals surface area contributed by atoms with Gasteiger partial charge in [0.1, 0.15) is 0 Å². The summed E-state index contributed by atoms with van der Waals surface area (Å²) < 4.78 is 10.3. The van der Waals surface area contributed by atoms with E-state index in [-0.39, 0.29) is 5.75 Å². The molecule has 5 heteroatoms. The van der Waals surface area contributed by atoms with E-state index in [1.165, 1.54) is 12.2 Å². The van der Waals surface area contributed by atoms with Crippen molar-refractivity contribution in [2.75, 3.05) is 25.8 Å². The lowest BCUT2D eigenvalue weighted by molar-refractivity contribution is 0.339. The van der Waals surface area contributed by atoms with Gasteiger partial charge in [-0.3, -0.25) is 0 Å². The molecule has 1 aliphatic heterocycles. The number of benzene rings is 1. The summed E-state index contributed by atoms with van der Waals surface area (Å²) in [7, 11) is 3.11. The van der Waals surface area contributed by atoms with Gasteiger partial charge in [0, 0.05) is 17.7 Å². The highest BCUT2D eigenvalue weighted by molar-refractivity contribution is 7.99. The molecule has 0 bridgehead atoms. The zero-order valence-corrected chi connectivity index (χ0v) is 12.3. The summed E-state index contributed by atoms with van der Waals surface area (Å²) in [6.45, 7) is 0. The standard InChI is InChI=1S/C14H21NO3S/c1-17-12-6-10(7-13(18-2)14(12)16)4-3-5-11-8-19-9-15-11/h6-7,11,15-16H,3-5,8-9H2,1-2H3. The monoisotopic (exact) mass is 283 g/mol. The van der Waals surface area contributed by atoms with Gasteiger partial charge in [-0.25, -0.2) is 0 Å². The SMILES string of the molecule is COc1cc(CCCC2CSCN2)cc(OC)c1O. The average molecular weight is 283 g/mol. The Morgan fingerprint density at radius 1 is 1.32 bits per heavy atom. The maximum Gasteiger partial charge on any atom is 0.200 e. The summed E-state index contributed by atoms with van der Waals surface area (Å²) in [6, 6.07) is 4.41.